The van der Waals surface area contributed by atoms with E-state index in [0.717, 1.165) is 0 Å². The van der Waals surface area contributed by atoms with Gasteiger partial charge < -0.3 is 9.47 Å². The summed E-state index contributed by atoms with van der Waals surface area (Å²) >= 11 is 6.51. The molecule has 7 heteroatoms. The Balaban J connectivity index is 2.94. The second-order valence-electron chi connectivity index (χ2n) is 2.18. The Kier molecular flexibility index (Phi) is 4.21. The molecule has 4 nitrogen and oxygen atoms in total. The van der Waals surface area contributed by atoms with Crippen molar-refractivity contribution in [1.29, 1.82) is 0 Å². The van der Waals surface area contributed by atoms with E-state index in [1.54, 1.807) is 0 Å². The third-order valence-electron chi connectivity index (χ3n) is 1.39. The molecular formula is C7H8O4S3. The molecule has 0 atom stereocenters. The van der Waals surface area contributed by atoms with Crippen molar-refractivity contribution in [3.63, 3.8) is 0 Å². The first kappa shape index (κ1) is 11.8. The molecule has 78 valence electrons. The Morgan fingerprint density at radius 1 is 1.14 bits per heavy atom. The number of hydrogen-bond acceptors (Lipinski definition) is 7. The molecule has 0 saturated carbocycles. The van der Waals surface area contributed by atoms with Gasteiger partial charge in [0.1, 0.15) is 13.7 Å². The highest BCUT2D eigenvalue weighted by molar-refractivity contribution is 8.33. The van der Waals surface area contributed by atoms with Crippen LogP contribution < -0.4 is 0 Å². The number of methoxy groups -OCH3 is 2. The second-order valence-corrected chi connectivity index (χ2v) is 5.93. The predicted octanol–water partition coefficient (Wildman–Crippen LogP) is 1.24. The quantitative estimate of drug-likeness (QED) is 0.589. The lowest BCUT2D eigenvalue weighted by Gasteiger charge is -2.00. The first-order valence-corrected chi connectivity index (χ1v) is 5.80. The number of rotatable bonds is 2. The summed E-state index contributed by atoms with van der Waals surface area (Å²) < 4.78 is 8.90. The topological polar surface area (TPSA) is 52.6 Å². The number of carbonyl (C=O) groups is 2. The largest absolute Gasteiger partial charge is 0.465 e. The Morgan fingerprint density at radius 3 is 1.79 bits per heavy atom. The predicted molar refractivity (Wildman–Crippen MR) is 59.0 cm³/mol. The van der Waals surface area contributed by atoms with E-state index in [2.05, 4.69) is 22.1 Å². The Morgan fingerprint density at radius 2 is 1.50 bits per heavy atom. The molecule has 0 spiro atoms. The standard InChI is InChI=1S/C7H8O4S3/c1-10-5(8)3-4(6(9)11-2)14-7(12)13-3/h7,12H,1-2H3. The highest BCUT2D eigenvalue weighted by Gasteiger charge is 2.33. The molecule has 0 aromatic heterocycles. The smallest absolute Gasteiger partial charge is 0.345 e. The Labute approximate surface area is 95.2 Å². The van der Waals surface area contributed by atoms with Crippen molar-refractivity contribution < 1.29 is 19.1 Å². The summed E-state index contributed by atoms with van der Waals surface area (Å²) in [6.45, 7) is 0. The summed E-state index contributed by atoms with van der Waals surface area (Å²) in [5.41, 5.74) is 0. The molecule has 0 bridgehead atoms. The van der Waals surface area contributed by atoms with Gasteiger partial charge in [0.2, 0.25) is 0 Å². The minimum absolute atomic E-state index is 0.168. The van der Waals surface area contributed by atoms with Crippen molar-refractivity contribution in [2.75, 3.05) is 14.2 Å². The van der Waals surface area contributed by atoms with E-state index < -0.39 is 11.9 Å². The van der Waals surface area contributed by atoms with Crippen LogP contribution in [-0.4, -0.2) is 30.1 Å². The van der Waals surface area contributed by atoms with Gasteiger partial charge in [0.25, 0.3) is 0 Å². The normalized spacial score (nSPS) is 17.1. The lowest BCUT2D eigenvalue weighted by molar-refractivity contribution is -0.138. The molecule has 0 aliphatic carbocycles. The van der Waals surface area contributed by atoms with Gasteiger partial charge in [0, 0.05) is 0 Å². The fraction of sp³-hybridized carbons (Fsp3) is 0.429. The van der Waals surface area contributed by atoms with Gasteiger partial charge >= 0.3 is 11.9 Å². The molecule has 0 N–H and O–H groups in total. The third-order valence-corrected chi connectivity index (χ3v) is 4.34. The van der Waals surface area contributed by atoms with Crippen LogP contribution in [-0.2, 0) is 19.1 Å². The SMILES string of the molecule is COC(=O)C1=C(C(=O)OC)SC(S)S1. The van der Waals surface area contributed by atoms with Crippen molar-refractivity contribution in [2.24, 2.45) is 0 Å². The molecule has 1 heterocycles. The van der Waals surface area contributed by atoms with E-state index in [4.69, 9.17) is 0 Å². The fourth-order valence-electron chi connectivity index (χ4n) is 0.800. The molecule has 1 aliphatic rings. The van der Waals surface area contributed by atoms with Crippen LogP contribution in [0.4, 0.5) is 0 Å². The summed E-state index contributed by atoms with van der Waals surface area (Å²) in [6, 6.07) is 0. The monoisotopic (exact) mass is 252 g/mol. The molecule has 0 amide bonds. The molecule has 14 heavy (non-hydrogen) atoms. The Bertz CT molecular complexity index is 271. The van der Waals surface area contributed by atoms with E-state index in [0.29, 0.717) is 0 Å². The van der Waals surface area contributed by atoms with Crippen LogP contribution in [0.2, 0.25) is 0 Å². The van der Waals surface area contributed by atoms with E-state index in [9.17, 15) is 9.59 Å². The zero-order valence-corrected chi connectivity index (χ0v) is 10.0. The average molecular weight is 252 g/mol. The number of thioether (sulfide) groups is 2. The molecule has 0 saturated heterocycles. The van der Waals surface area contributed by atoms with Crippen molar-refractivity contribution >= 4 is 48.1 Å². The van der Waals surface area contributed by atoms with Gasteiger partial charge in [0.15, 0.2) is 0 Å². The second kappa shape index (κ2) is 4.99. The molecular weight excluding hydrogens is 244 g/mol. The van der Waals surface area contributed by atoms with E-state index in [1.807, 2.05) is 0 Å². The van der Waals surface area contributed by atoms with E-state index in [-0.39, 0.29) is 13.7 Å². The maximum absolute atomic E-state index is 11.2. The molecule has 0 radical (unpaired) electrons. The van der Waals surface area contributed by atoms with Crippen LogP contribution in [0.25, 0.3) is 0 Å². The highest BCUT2D eigenvalue weighted by atomic mass is 32.3. The van der Waals surface area contributed by atoms with Crippen LogP contribution in [0, 0.1) is 0 Å². The zero-order valence-electron chi connectivity index (χ0n) is 7.47. The van der Waals surface area contributed by atoms with Gasteiger partial charge in [-0.25, -0.2) is 9.59 Å². The summed E-state index contributed by atoms with van der Waals surface area (Å²) in [7, 11) is 2.53. The first-order valence-electron chi connectivity index (χ1n) is 3.52. The number of ether oxygens (including phenoxy) is 2. The summed E-state index contributed by atoms with van der Waals surface area (Å²) in [5.74, 6) is -1.06. The number of esters is 2. The summed E-state index contributed by atoms with van der Waals surface area (Å²) in [6.07, 6.45) is 0. The third kappa shape index (κ3) is 2.40. The Hall–Kier alpha value is -0.270. The summed E-state index contributed by atoms with van der Waals surface area (Å²) in [4.78, 5) is 23.0. The van der Waals surface area contributed by atoms with Crippen molar-refractivity contribution in [3.05, 3.63) is 9.81 Å². The minimum Gasteiger partial charge on any atom is -0.465 e. The zero-order chi connectivity index (χ0) is 10.7. The van der Waals surface area contributed by atoms with E-state index >= 15 is 0 Å². The maximum atomic E-state index is 11.2. The summed E-state index contributed by atoms with van der Waals surface area (Å²) in [5, 5.41) is 0. The molecule has 0 aromatic rings. The van der Waals surface area contributed by atoms with Gasteiger partial charge in [-0.3, -0.25) is 0 Å². The number of thiol groups is 1. The van der Waals surface area contributed by atoms with Crippen molar-refractivity contribution in [3.8, 4) is 0 Å². The average Bonchev–Trinajstić information content (AvgIpc) is 2.58. The van der Waals surface area contributed by atoms with Gasteiger partial charge in [-0.2, -0.15) is 12.6 Å². The van der Waals surface area contributed by atoms with Crippen molar-refractivity contribution in [1.82, 2.24) is 0 Å². The number of hydrogen-bond donors (Lipinski definition) is 1. The van der Waals surface area contributed by atoms with Crippen LogP contribution in [0.5, 0.6) is 0 Å². The first-order chi connectivity index (χ1) is 6.60. The molecule has 1 rings (SSSR count). The molecule has 0 fully saturated rings. The van der Waals surface area contributed by atoms with E-state index in [1.165, 1.54) is 37.7 Å². The maximum Gasteiger partial charge on any atom is 0.345 e. The van der Waals surface area contributed by atoms with Crippen LogP contribution in [0.3, 0.4) is 0 Å². The van der Waals surface area contributed by atoms with Crippen LogP contribution >= 0.6 is 36.2 Å². The number of carbonyl (C=O) groups excluding carboxylic acids is 2. The van der Waals surface area contributed by atoms with Gasteiger partial charge in [-0.15, -0.1) is 0 Å². The highest BCUT2D eigenvalue weighted by Crippen LogP contribution is 2.48. The minimum atomic E-state index is -0.528. The fourth-order valence-corrected chi connectivity index (χ4v) is 3.63. The van der Waals surface area contributed by atoms with Gasteiger partial charge in [-0.05, 0) is 0 Å². The molecule has 1 aliphatic heterocycles. The van der Waals surface area contributed by atoms with Gasteiger partial charge in [-0.1, -0.05) is 23.5 Å². The van der Waals surface area contributed by atoms with Crippen molar-refractivity contribution in [2.45, 2.75) is 3.91 Å². The lowest BCUT2D eigenvalue weighted by atomic mass is 10.5. The van der Waals surface area contributed by atoms with Crippen LogP contribution in [0.15, 0.2) is 9.81 Å². The van der Waals surface area contributed by atoms with Crippen LogP contribution in [0.1, 0.15) is 0 Å². The molecule has 0 aromatic carbocycles. The molecule has 0 unspecified atom stereocenters. The lowest BCUT2D eigenvalue weighted by Crippen LogP contribution is -2.08. The van der Waals surface area contributed by atoms with Gasteiger partial charge in [0.05, 0.1) is 14.2 Å².